The number of ether oxygens (including phenoxy) is 1. The molecule has 1 saturated heterocycles. The van der Waals surface area contributed by atoms with Crippen LogP contribution in [0.2, 0.25) is 0 Å². The molecule has 1 unspecified atom stereocenters. The maximum Gasteiger partial charge on any atom is 0.191 e. The molecule has 0 spiro atoms. The predicted octanol–water partition coefficient (Wildman–Crippen LogP) is 2.57. The van der Waals surface area contributed by atoms with Crippen molar-refractivity contribution in [3.63, 3.8) is 0 Å². The van der Waals surface area contributed by atoms with Gasteiger partial charge in [-0.05, 0) is 31.0 Å². The monoisotopic (exact) mass is 518 g/mol. The summed E-state index contributed by atoms with van der Waals surface area (Å²) in [6.07, 6.45) is 2.05. The van der Waals surface area contributed by atoms with Crippen LogP contribution in [0.25, 0.3) is 0 Å². The van der Waals surface area contributed by atoms with Crippen LogP contribution in [0, 0.1) is 5.41 Å². The van der Waals surface area contributed by atoms with Crippen LogP contribution >= 0.6 is 24.0 Å². The van der Waals surface area contributed by atoms with Crippen molar-refractivity contribution in [1.29, 1.82) is 0 Å². The lowest BCUT2D eigenvalue weighted by Crippen LogP contribution is -2.45. The summed E-state index contributed by atoms with van der Waals surface area (Å²) in [7, 11) is 3.92. The molecular weight excluding hydrogens is 479 g/mol. The number of anilines is 1. The number of aliphatic imine (C=N–C) groups is 1. The van der Waals surface area contributed by atoms with Crippen LogP contribution in [0.15, 0.2) is 23.3 Å². The summed E-state index contributed by atoms with van der Waals surface area (Å²) in [5.41, 5.74) is 1.18. The number of nitrogens with one attached hydrogen (secondary N) is 2. The molecule has 0 bridgehead atoms. The summed E-state index contributed by atoms with van der Waals surface area (Å²) in [6, 6.07) is 4.23. The third-order valence-corrected chi connectivity index (χ3v) is 5.11. The van der Waals surface area contributed by atoms with E-state index in [0.717, 1.165) is 50.1 Å². The molecule has 0 radical (unpaired) electrons. The Labute approximate surface area is 193 Å². The number of piperazine rings is 1. The normalized spacial score (nSPS) is 16.9. The molecule has 1 aromatic rings. The fourth-order valence-corrected chi connectivity index (χ4v) is 3.18. The van der Waals surface area contributed by atoms with E-state index in [9.17, 15) is 0 Å². The van der Waals surface area contributed by atoms with E-state index in [4.69, 9.17) is 9.73 Å². The van der Waals surface area contributed by atoms with E-state index in [-0.39, 0.29) is 35.5 Å². The molecule has 1 aliphatic heterocycles. The molecule has 8 heteroatoms. The van der Waals surface area contributed by atoms with Gasteiger partial charge >= 0.3 is 0 Å². The zero-order chi connectivity index (χ0) is 20.6. The molecule has 7 nitrogen and oxygen atoms in total. The van der Waals surface area contributed by atoms with Gasteiger partial charge in [0.2, 0.25) is 0 Å². The van der Waals surface area contributed by atoms with E-state index in [1.165, 1.54) is 0 Å². The number of likely N-dealkylation sites (N-methyl/N-ethyl adjacent to an activating group) is 1. The minimum Gasteiger partial charge on any atom is -0.379 e. The lowest BCUT2D eigenvalue weighted by Gasteiger charge is -2.33. The second-order valence-corrected chi connectivity index (χ2v) is 8.48. The van der Waals surface area contributed by atoms with Crippen LogP contribution in [0.1, 0.15) is 33.3 Å². The van der Waals surface area contributed by atoms with Crippen molar-refractivity contribution in [1.82, 2.24) is 20.5 Å². The zero-order valence-electron chi connectivity index (χ0n) is 18.9. The van der Waals surface area contributed by atoms with Crippen LogP contribution in [-0.4, -0.2) is 75.4 Å². The Kier molecular flexibility index (Phi) is 11.2. The topological polar surface area (TPSA) is 65.0 Å². The third-order valence-electron chi connectivity index (χ3n) is 5.11. The van der Waals surface area contributed by atoms with Crippen molar-refractivity contribution in [3.8, 4) is 0 Å². The summed E-state index contributed by atoms with van der Waals surface area (Å²) in [5, 5.41) is 6.70. The standard InChI is InChI=1S/C21H38N6O.HI/c1-7-22-20(25-16-18(28-6)21(2,3)4)24-15-17-8-9-19(23-14-17)27-12-10-26(5)11-13-27;/h8-9,14,18H,7,10-13,15-16H2,1-6H3,(H2,22,24,25);1H. The smallest absolute Gasteiger partial charge is 0.191 e. The number of aromatic nitrogens is 1. The minimum absolute atomic E-state index is 0. The van der Waals surface area contributed by atoms with Gasteiger partial charge in [0, 0.05) is 52.6 Å². The predicted molar refractivity (Wildman–Crippen MR) is 132 cm³/mol. The van der Waals surface area contributed by atoms with Gasteiger partial charge in [-0.3, -0.25) is 0 Å². The van der Waals surface area contributed by atoms with E-state index in [1.807, 2.05) is 6.20 Å². The van der Waals surface area contributed by atoms with Crippen LogP contribution in [0.5, 0.6) is 0 Å². The lowest BCUT2D eigenvalue weighted by atomic mass is 9.89. The van der Waals surface area contributed by atoms with Gasteiger partial charge in [0.05, 0.1) is 12.6 Å². The Morgan fingerprint density at radius 1 is 1.21 bits per heavy atom. The van der Waals surface area contributed by atoms with Gasteiger partial charge in [-0.15, -0.1) is 24.0 Å². The van der Waals surface area contributed by atoms with Gasteiger partial charge < -0.3 is 25.2 Å². The van der Waals surface area contributed by atoms with Gasteiger partial charge in [-0.25, -0.2) is 9.98 Å². The first kappa shape index (κ1) is 25.9. The number of rotatable bonds is 7. The fraction of sp³-hybridized carbons (Fsp3) is 0.714. The van der Waals surface area contributed by atoms with Gasteiger partial charge in [0.15, 0.2) is 5.96 Å². The highest BCUT2D eigenvalue weighted by Gasteiger charge is 2.24. The highest BCUT2D eigenvalue weighted by molar-refractivity contribution is 14.0. The molecule has 0 saturated carbocycles. The number of pyridine rings is 1. The zero-order valence-corrected chi connectivity index (χ0v) is 21.2. The van der Waals surface area contributed by atoms with Crippen molar-refractivity contribution < 1.29 is 4.74 Å². The van der Waals surface area contributed by atoms with Crippen LogP contribution in [-0.2, 0) is 11.3 Å². The SMILES string of the molecule is CCNC(=NCc1ccc(N2CCN(C)CC2)nc1)NCC(OC)C(C)(C)C.I. The quantitative estimate of drug-likeness (QED) is 0.329. The average Bonchev–Trinajstić information content (AvgIpc) is 2.66. The van der Waals surface area contributed by atoms with E-state index < -0.39 is 0 Å². The number of nitrogens with zero attached hydrogens (tertiary/aromatic N) is 4. The van der Waals surface area contributed by atoms with Crippen LogP contribution in [0.4, 0.5) is 5.82 Å². The summed E-state index contributed by atoms with van der Waals surface area (Å²) in [4.78, 5) is 14.0. The summed E-state index contributed by atoms with van der Waals surface area (Å²) in [5.74, 6) is 1.86. The number of halogens is 1. The van der Waals surface area contributed by atoms with Crippen LogP contribution < -0.4 is 15.5 Å². The Morgan fingerprint density at radius 2 is 1.90 bits per heavy atom. The highest BCUT2D eigenvalue weighted by atomic mass is 127. The molecule has 29 heavy (non-hydrogen) atoms. The van der Waals surface area contributed by atoms with Crippen molar-refractivity contribution in [3.05, 3.63) is 23.9 Å². The Hall–Kier alpha value is -1.13. The Morgan fingerprint density at radius 3 is 2.41 bits per heavy atom. The largest absolute Gasteiger partial charge is 0.379 e. The van der Waals surface area contributed by atoms with E-state index >= 15 is 0 Å². The number of hydrogen-bond acceptors (Lipinski definition) is 5. The highest BCUT2D eigenvalue weighted by Crippen LogP contribution is 2.21. The van der Waals surface area contributed by atoms with Crippen molar-refractivity contribution in [2.75, 3.05) is 58.3 Å². The first-order valence-electron chi connectivity index (χ1n) is 10.3. The maximum absolute atomic E-state index is 5.62. The molecule has 0 amide bonds. The van der Waals surface area contributed by atoms with E-state index in [1.54, 1.807) is 7.11 Å². The lowest BCUT2D eigenvalue weighted by molar-refractivity contribution is 0.0205. The van der Waals surface area contributed by atoms with E-state index in [0.29, 0.717) is 13.1 Å². The average molecular weight is 518 g/mol. The minimum atomic E-state index is 0. The maximum atomic E-state index is 5.62. The molecular formula is C21H39IN6O. The number of hydrogen-bond donors (Lipinski definition) is 2. The van der Waals surface area contributed by atoms with Gasteiger partial charge in [-0.1, -0.05) is 26.8 Å². The van der Waals surface area contributed by atoms with Gasteiger partial charge in [-0.2, -0.15) is 0 Å². The van der Waals surface area contributed by atoms with Gasteiger partial charge in [0.1, 0.15) is 5.82 Å². The molecule has 1 fully saturated rings. The fourth-order valence-electron chi connectivity index (χ4n) is 3.18. The molecule has 2 heterocycles. The van der Waals surface area contributed by atoms with Crippen molar-refractivity contribution in [2.24, 2.45) is 10.4 Å². The first-order chi connectivity index (χ1) is 13.3. The van der Waals surface area contributed by atoms with Crippen molar-refractivity contribution in [2.45, 2.75) is 40.3 Å². The molecule has 0 aromatic carbocycles. The summed E-state index contributed by atoms with van der Waals surface area (Å²) < 4.78 is 5.62. The molecule has 1 aliphatic rings. The molecule has 2 N–H and O–H groups in total. The van der Waals surface area contributed by atoms with Crippen molar-refractivity contribution >= 4 is 35.8 Å². The molecule has 1 atom stereocenters. The number of methoxy groups -OCH3 is 1. The second kappa shape index (κ2) is 12.5. The first-order valence-corrected chi connectivity index (χ1v) is 10.3. The Balaban J connectivity index is 0.00000420. The van der Waals surface area contributed by atoms with Crippen LogP contribution in [0.3, 0.4) is 0 Å². The van der Waals surface area contributed by atoms with E-state index in [2.05, 4.69) is 72.3 Å². The second-order valence-electron chi connectivity index (χ2n) is 8.48. The molecule has 0 aliphatic carbocycles. The molecule has 2 rings (SSSR count). The Bertz CT molecular complexity index is 609. The third kappa shape index (κ3) is 8.64. The number of guanidine groups is 1. The summed E-state index contributed by atoms with van der Waals surface area (Å²) >= 11 is 0. The molecule has 166 valence electrons. The van der Waals surface area contributed by atoms with Gasteiger partial charge in [0.25, 0.3) is 0 Å². The molecule has 1 aromatic heterocycles. The summed E-state index contributed by atoms with van der Waals surface area (Å²) in [6.45, 7) is 15.0.